The molecule has 2 unspecified atom stereocenters. The molecular weight excluding hydrogens is 500 g/mol. The average Bonchev–Trinajstić information content (AvgIpc) is 2.85. The van der Waals surface area contributed by atoms with Gasteiger partial charge >= 0.3 is 0 Å². The molecule has 0 aromatic heterocycles. The Labute approximate surface area is 239 Å². The quantitative estimate of drug-likeness (QED) is 0.355. The molecule has 0 saturated heterocycles. The molecule has 4 nitrogen and oxygen atoms in total. The molecule has 4 rings (SSSR count). The lowest BCUT2D eigenvalue weighted by Gasteiger charge is -2.46. The van der Waals surface area contributed by atoms with Crippen molar-refractivity contribution in [1.29, 1.82) is 0 Å². The summed E-state index contributed by atoms with van der Waals surface area (Å²) in [5, 5.41) is 0. The van der Waals surface area contributed by atoms with E-state index in [1.807, 2.05) is 60.3 Å². The molecule has 0 heterocycles. The maximum Gasteiger partial charge on any atom is 0.137 e. The summed E-state index contributed by atoms with van der Waals surface area (Å²) in [4.78, 5) is 2.64. The van der Waals surface area contributed by atoms with Crippen molar-refractivity contribution in [1.82, 2.24) is 0 Å². The van der Waals surface area contributed by atoms with Crippen molar-refractivity contribution in [2.24, 2.45) is 10.8 Å². The van der Waals surface area contributed by atoms with Gasteiger partial charge in [-0.3, -0.25) is 0 Å². The molecule has 2 aliphatic rings. The zero-order valence-corrected chi connectivity index (χ0v) is 25.5. The molecule has 0 spiro atoms. The van der Waals surface area contributed by atoms with Crippen molar-refractivity contribution >= 4 is 23.1 Å². The maximum absolute atomic E-state index is 6.79. The summed E-state index contributed by atoms with van der Waals surface area (Å²) in [6.07, 6.45) is 10.5. The number of hydrogen-bond donors (Lipinski definition) is 2. The molecule has 0 amide bonds. The van der Waals surface area contributed by atoms with Gasteiger partial charge in [0.25, 0.3) is 0 Å². The highest BCUT2D eigenvalue weighted by molar-refractivity contribution is 8.06. The fourth-order valence-electron chi connectivity index (χ4n) is 4.93. The van der Waals surface area contributed by atoms with Gasteiger partial charge in [-0.15, -0.1) is 0 Å². The summed E-state index contributed by atoms with van der Waals surface area (Å²) >= 11 is 1.88. The number of allylic oxidation sites excluding steroid dienone is 4. The zero-order valence-electron chi connectivity index (χ0n) is 24.7. The molecule has 208 valence electrons. The monoisotopic (exact) mass is 544 g/mol. The molecule has 4 N–H and O–H groups in total. The second-order valence-electron chi connectivity index (χ2n) is 13.0. The third-order valence-corrected chi connectivity index (χ3v) is 9.50. The van der Waals surface area contributed by atoms with Crippen LogP contribution in [0.1, 0.15) is 68.2 Å². The van der Waals surface area contributed by atoms with Gasteiger partial charge in [-0.05, 0) is 95.5 Å². The van der Waals surface area contributed by atoms with Gasteiger partial charge in [0.2, 0.25) is 0 Å². The second kappa shape index (κ2) is 10.5. The molecule has 2 aromatic carbocycles. The first-order valence-electron chi connectivity index (χ1n) is 13.7. The predicted molar refractivity (Wildman–Crippen MR) is 168 cm³/mol. The van der Waals surface area contributed by atoms with Crippen molar-refractivity contribution < 1.29 is 9.47 Å². The van der Waals surface area contributed by atoms with Crippen LogP contribution in [0.25, 0.3) is 0 Å². The lowest BCUT2D eigenvalue weighted by atomic mass is 9.71. The number of rotatable bonds is 6. The van der Waals surface area contributed by atoms with E-state index in [1.54, 1.807) is 0 Å². The van der Waals surface area contributed by atoms with E-state index < -0.39 is 11.2 Å². The van der Waals surface area contributed by atoms with E-state index in [1.165, 1.54) is 21.0 Å². The third kappa shape index (κ3) is 6.09. The zero-order chi connectivity index (χ0) is 28.6. The molecule has 0 aliphatic heterocycles. The minimum Gasteiger partial charge on any atom is -0.482 e. The summed E-state index contributed by atoms with van der Waals surface area (Å²) in [7, 11) is 0. The molecule has 0 bridgehead atoms. The standard InChI is InChI=1S/C34H44N2O2S/c1-23-17-19-33(31(3,4)5,37-27-13-9-25(35)10-14-27)21-29(23)39-30-22-34(32(6,7)8,20-18-24(30)2)38-28-15-11-26(36)12-16-28/h9-20H,21-22,35-36H2,1-8H3. The van der Waals surface area contributed by atoms with Crippen LogP contribution >= 0.6 is 11.8 Å². The summed E-state index contributed by atoms with van der Waals surface area (Å²) < 4.78 is 13.6. The first-order valence-corrected chi connectivity index (χ1v) is 14.5. The van der Waals surface area contributed by atoms with E-state index in [9.17, 15) is 0 Å². The van der Waals surface area contributed by atoms with Crippen LogP contribution in [0.3, 0.4) is 0 Å². The van der Waals surface area contributed by atoms with Crippen molar-refractivity contribution in [2.75, 3.05) is 11.5 Å². The molecule has 2 aromatic rings. The number of benzene rings is 2. The van der Waals surface area contributed by atoms with Crippen LogP contribution in [0.5, 0.6) is 11.5 Å². The van der Waals surface area contributed by atoms with E-state index in [-0.39, 0.29) is 10.8 Å². The Kier molecular flexibility index (Phi) is 7.79. The Morgan fingerprint density at radius 1 is 0.615 bits per heavy atom. The summed E-state index contributed by atoms with van der Waals surface area (Å²) in [6, 6.07) is 15.4. The number of anilines is 2. The van der Waals surface area contributed by atoms with Crippen molar-refractivity contribution in [3.05, 3.63) is 93.8 Å². The maximum atomic E-state index is 6.79. The normalized spacial score (nSPS) is 23.8. The SMILES string of the molecule is CC1=C(SC2=C(C)C=CC(Oc3ccc(N)cc3)(C(C)(C)C)C2)CC(Oc2ccc(N)cc2)(C(C)(C)C)C=C1. The fourth-order valence-corrected chi connectivity index (χ4v) is 6.26. The summed E-state index contributed by atoms with van der Waals surface area (Å²) in [5.41, 5.74) is 14.6. The predicted octanol–water partition coefficient (Wildman–Crippen LogP) is 9.08. The Hall–Kier alpha value is -3.05. The van der Waals surface area contributed by atoms with Gasteiger partial charge in [0.1, 0.15) is 22.7 Å². The molecule has 5 heteroatoms. The molecular formula is C34H44N2O2S. The molecule has 0 saturated carbocycles. The van der Waals surface area contributed by atoms with Crippen molar-refractivity contribution in [3.63, 3.8) is 0 Å². The van der Waals surface area contributed by atoms with Crippen LogP contribution in [0.2, 0.25) is 0 Å². The van der Waals surface area contributed by atoms with E-state index in [0.29, 0.717) is 0 Å². The lowest BCUT2D eigenvalue weighted by Crippen LogP contribution is -2.48. The van der Waals surface area contributed by atoms with Gasteiger partial charge < -0.3 is 20.9 Å². The molecule has 39 heavy (non-hydrogen) atoms. The highest BCUT2D eigenvalue weighted by Gasteiger charge is 2.47. The van der Waals surface area contributed by atoms with Crippen molar-refractivity contribution in [2.45, 2.75) is 79.4 Å². The minimum atomic E-state index is -0.495. The van der Waals surface area contributed by atoms with E-state index in [4.69, 9.17) is 20.9 Å². The van der Waals surface area contributed by atoms with Crippen LogP contribution in [-0.4, -0.2) is 11.2 Å². The van der Waals surface area contributed by atoms with Crippen molar-refractivity contribution in [3.8, 4) is 11.5 Å². The van der Waals surface area contributed by atoms with E-state index in [0.717, 1.165) is 35.7 Å². The molecule has 0 radical (unpaired) electrons. The highest BCUT2D eigenvalue weighted by Crippen LogP contribution is 2.52. The summed E-state index contributed by atoms with van der Waals surface area (Å²) in [5.74, 6) is 1.65. The van der Waals surface area contributed by atoms with Gasteiger partial charge in [0, 0.05) is 35.0 Å². The van der Waals surface area contributed by atoms with E-state index in [2.05, 4.69) is 79.7 Å². The number of thioether (sulfide) groups is 1. The van der Waals surface area contributed by atoms with Gasteiger partial charge in [0.05, 0.1) is 0 Å². The van der Waals surface area contributed by atoms with Gasteiger partial charge in [-0.25, -0.2) is 0 Å². The first kappa shape index (κ1) is 28.9. The van der Waals surface area contributed by atoms with Crippen LogP contribution in [0.15, 0.2) is 93.8 Å². The topological polar surface area (TPSA) is 70.5 Å². The van der Waals surface area contributed by atoms with E-state index >= 15 is 0 Å². The first-order chi connectivity index (χ1) is 18.1. The Morgan fingerprint density at radius 2 is 0.949 bits per heavy atom. The van der Waals surface area contributed by atoms with Gasteiger partial charge in [0.15, 0.2) is 0 Å². The van der Waals surface area contributed by atoms with Gasteiger partial charge in [-0.1, -0.05) is 65.5 Å². The lowest BCUT2D eigenvalue weighted by molar-refractivity contribution is 0.0108. The number of nitrogen functional groups attached to an aromatic ring is 2. The fraction of sp³-hybridized carbons (Fsp3) is 0.412. The molecule has 2 aliphatic carbocycles. The second-order valence-corrected chi connectivity index (χ2v) is 14.1. The average molecular weight is 545 g/mol. The molecule has 0 fully saturated rings. The third-order valence-electron chi connectivity index (χ3n) is 8.08. The Morgan fingerprint density at radius 3 is 1.26 bits per heavy atom. The summed E-state index contributed by atoms with van der Waals surface area (Å²) in [6.45, 7) is 17.9. The number of nitrogens with two attached hydrogens (primary N) is 2. The van der Waals surface area contributed by atoms with Crippen LogP contribution < -0.4 is 20.9 Å². The highest BCUT2D eigenvalue weighted by atomic mass is 32.2. The van der Waals surface area contributed by atoms with Crippen LogP contribution in [0.4, 0.5) is 11.4 Å². The minimum absolute atomic E-state index is 0.138. The van der Waals surface area contributed by atoms with Crippen LogP contribution in [0, 0.1) is 10.8 Å². The number of hydrogen-bond acceptors (Lipinski definition) is 5. The number of ether oxygens (including phenoxy) is 2. The smallest absolute Gasteiger partial charge is 0.137 e. The molecule has 2 atom stereocenters. The Balaban J connectivity index is 1.64. The largest absolute Gasteiger partial charge is 0.482 e. The Bertz CT molecular complexity index is 1220. The van der Waals surface area contributed by atoms with Crippen LogP contribution in [-0.2, 0) is 0 Å². The van der Waals surface area contributed by atoms with Gasteiger partial charge in [-0.2, -0.15) is 0 Å².